The highest BCUT2D eigenvalue weighted by atomic mass is 35.5. The number of benzene rings is 1. The first-order chi connectivity index (χ1) is 8.19. The van der Waals surface area contributed by atoms with Crippen LogP contribution in [0.2, 0.25) is 5.02 Å². The number of thiazole rings is 1. The van der Waals surface area contributed by atoms with E-state index in [1.807, 2.05) is 25.3 Å². The molecule has 0 fully saturated rings. The van der Waals surface area contributed by atoms with E-state index in [4.69, 9.17) is 22.1 Å². The predicted molar refractivity (Wildman–Crippen MR) is 70.5 cm³/mol. The van der Waals surface area contributed by atoms with Gasteiger partial charge < -0.3 is 10.5 Å². The van der Waals surface area contributed by atoms with E-state index in [1.165, 1.54) is 0 Å². The molecule has 17 heavy (non-hydrogen) atoms. The summed E-state index contributed by atoms with van der Waals surface area (Å²) in [6, 6.07) is 5.47. The van der Waals surface area contributed by atoms with Gasteiger partial charge in [-0.2, -0.15) is 0 Å². The largest absolute Gasteiger partial charge is 0.488 e. The Morgan fingerprint density at radius 1 is 1.47 bits per heavy atom. The molecule has 0 spiro atoms. The molecule has 2 N–H and O–H groups in total. The van der Waals surface area contributed by atoms with E-state index in [0.717, 1.165) is 21.2 Å². The van der Waals surface area contributed by atoms with Crippen LogP contribution in [-0.4, -0.2) is 4.98 Å². The quantitative estimate of drug-likeness (QED) is 0.927. The van der Waals surface area contributed by atoms with Crippen molar-refractivity contribution in [3.8, 4) is 5.75 Å². The first kappa shape index (κ1) is 12.4. The highest BCUT2D eigenvalue weighted by Crippen LogP contribution is 2.24. The number of hydrogen-bond acceptors (Lipinski definition) is 4. The van der Waals surface area contributed by atoms with E-state index in [9.17, 15) is 0 Å². The van der Waals surface area contributed by atoms with E-state index in [1.54, 1.807) is 17.4 Å². The molecule has 90 valence electrons. The smallest absolute Gasteiger partial charge is 0.124 e. The van der Waals surface area contributed by atoms with Gasteiger partial charge in [0, 0.05) is 23.3 Å². The maximum absolute atomic E-state index is 5.90. The molecule has 1 aromatic carbocycles. The molecule has 0 aliphatic rings. The summed E-state index contributed by atoms with van der Waals surface area (Å²) < 4.78 is 5.71. The normalized spacial score (nSPS) is 10.5. The zero-order valence-electron chi connectivity index (χ0n) is 9.44. The van der Waals surface area contributed by atoms with E-state index in [2.05, 4.69) is 4.98 Å². The van der Waals surface area contributed by atoms with Gasteiger partial charge in [0.15, 0.2) is 0 Å². The molecule has 5 heteroatoms. The number of rotatable bonds is 4. The lowest BCUT2D eigenvalue weighted by Crippen LogP contribution is -2.02. The van der Waals surface area contributed by atoms with Crippen molar-refractivity contribution in [1.82, 2.24) is 4.98 Å². The van der Waals surface area contributed by atoms with Gasteiger partial charge in [0.2, 0.25) is 0 Å². The van der Waals surface area contributed by atoms with E-state index < -0.39 is 0 Å². The zero-order valence-corrected chi connectivity index (χ0v) is 11.0. The summed E-state index contributed by atoms with van der Waals surface area (Å²) in [6.45, 7) is 2.90. The average Bonchev–Trinajstić information content (AvgIpc) is 2.73. The molecule has 2 aromatic rings. The van der Waals surface area contributed by atoms with Crippen molar-refractivity contribution in [2.75, 3.05) is 0 Å². The van der Waals surface area contributed by atoms with Crippen molar-refractivity contribution in [3.05, 3.63) is 44.9 Å². The first-order valence-electron chi connectivity index (χ1n) is 5.21. The standard InChI is InChI=1S/C12H13ClN2OS/c1-8-15-6-11(17-8)7-16-12-3-2-10(13)4-9(12)5-14/h2-4,6H,5,7,14H2,1H3. The van der Waals surface area contributed by atoms with Gasteiger partial charge in [-0.25, -0.2) is 4.98 Å². The molecule has 0 aliphatic heterocycles. The van der Waals surface area contributed by atoms with Gasteiger partial charge in [-0.05, 0) is 25.1 Å². The highest BCUT2D eigenvalue weighted by Gasteiger charge is 2.05. The molecular formula is C12H13ClN2OS. The molecule has 0 radical (unpaired) electrons. The second-order valence-electron chi connectivity index (χ2n) is 3.59. The molecule has 1 aromatic heterocycles. The Kier molecular flexibility index (Phi) is 3.99. The van der Waals surface area contributed by atoms with Crippen LogP contribution in [0, 0.1) is 6.92 Å². The van der Waals surface area contributed by atoms with E-state index in [0.29, 0.717) is 18.2 Å². The monoisotopic (exact) mass is 268 g/mol. The first-order valence-corrected chi connectivity index (χ1v) is 6.41. The molecule has 0 saturated carbocycles. The summed E-state index contributed by atoms with van der Waals surface area (Å²) in [5.41, 5.74) is 6.56. The number of halogens is 1. The summed E-state index contributed by atoms with van der Waals surface area (Å²) in [6.07, 6.45) is 1.83. The third-order valence-corrected chi connectivity index (χ3v) is 3.40. The summed E-state index contributed by atoms with van der Waals surface area (Å²) in [4.78, 5) is 5.28. The minimum Gasteiger partial charge on any atom is -0.488 e. The average molecular weight is 269 g/mol. The van der Waals surface area contributed by atoms with Crippen molar-refractivity contribution in [1.29, 1.82) is 0 Å². The third kappa shape index (κ3) is 3.19. The van der Waals surface area contributed by atoms with Gasteiger partial charge in [-0.15, -0.1) is 11.3 Å². The van der Waals surface area contributed by atoms with Crippen LogP contribution in [-0.2, 0) is 13.2 Å². The molecule has 0 aliphatic carbocycles. The fraction of sp³-hybridized carbons (Fsp3) is 0.250. The number of hydrogen-bond donors (Lipinski definition) is 1. The van der Waals surface area contributed by atoms with Crippen LogP contribution >= 0.6 is 22.9 Å². The molecular weight excluding hydrogens is 256 g/mol. The molecule has 0 bridgehead atoms. The van der Waals surface area contributed by atoms with Crippen molar-refractivity contribution in [3.63, 3.8) is 0 Å². The molecule has 0 atom stereocenters. The van der Waals surface area contributed by atoms with Crippen LogP contribution < -0.4 is 10.5 Å². The van der Waals surface area contributed by atoms with Crippen LogP contribution in [0.3, 0.4) is 0 Å². The Labute approximate surface area is 109 Å². The lowest BCUT2D eigenvalue weighted by atomic mass is 10.2. The Bertz CT molecular complexity index is 513. The van der Waals surface area contributed by atoms with Gasteiger partial charge >= 0.3 is 0 Å². The number of aromatic nitrogens is 1. The van der Waals surface area contributed by atoms with Crippen molar-refractivity contribution in [2.24, 2.45) is 5.73 Å². The molecule has 0 unspecified atom stereocenters. The topological polar surface area (TPSA) is 48.1 Å². The fourth-order valence-corrected chi connectivity index (χ4v) is 2.37. The summed E-state index contributed by atoms with van der Waals surface area (Å²) >= 11 is 7.53. The Hall–Kier alpha value is -1.10. The van der Waals surface area contributed by atoms with Gasteiger partial charge in [-0.1, -0.05) is 11.6 Å². The molecule has 3 nitrogen and oxygen atoms in total. The maximum Gasteiger partial charge on any atom is 0.124 e. The van der Waals surface area contributed by atoms with Gasteiger partial charge in [0.25, 0.3) is 0 Å². The lowest BCUT2D eigenvalue weighted by molar-refractivity contribution is 0.306. The van der Waals surface area contributed by atoms with Crippen LogP contribution in [0.1, 0.15) is 15.4 Å². The lowest BCUT2D eigenvalue weighted by Gasteiger charge is -2.09. The van der Waals surface area contributed by atoms with E-state index >= 15 is 0 Å². The number of aryl methyl sites for hydroxylation is 1. The van der Waals surface area contributed by atoms with Crippen molar-refractivity contribution in [2.45, 2.75) is 20.1 Å². The number of nitrogens with zero attached hydrogens (tertiary/aromatic N) is 1. The van der Waals surface area contributed by atoms with Crippen molar-refractivity contribution >= 4 is 22.9 Å². The van der Waals surface area contributed by atoms with Crippen LogP contribution in [0.15, 0.2) is 24.4 Å². The van der Waals surface area contributed by atoms with Crippen molar-refractivity contribution < 1.29 is 4.74 Å². The minimum atomic E-state index is 0.414. The summed E-state index contributed by atoms with van der Waals surface area (Å²) in [5.74, 6) is 0.781. The maximum atomic E-state index is 5.90. The van der Waals surface area contributed by atoms with Gasteiger partial charge in [0.1, 0.15) is 12.4 Å². The highest BCUT2D eigenvalue weighted by molar-refractivity contribution is 7.11. The van der Waals surface area contributed by atoms with Crippen LogP contribution in [0.4, 0.5) is 0 Å². The second-order valence-corrected chi connectivity index (χ2v) is 5.35. The molecule has 2 rings (SSSR count). The number of nitrogens with two attached hydrogens (primary N) is 1. The fourth-order valence-electron chi connectivity index (χ4n) is 1.47. The van der Waals surface area contributed by atoms with Crippen LogP contribution in [0.5, 0.6) is 5.75 Å². The number of ether oxygens (including phenoxy) is 1. The van der Waals surface area contributed by atoms with Crippen LogP contribution in [0.25, 0.3) is 0 Å². The van der Waals surface area contributed by atoms with Gasteiger partial charge in [0.05, 0.1) is 9.88 Å². The second kappa shape index (κ2) is 5.49. The Balaban J connectivity index is 2.08. The van der Waals surface area contributed by atoms with Gasteiger partial charge in [-0.3, -0.25) is 0 Å². The Morgan fingerprint density at radius 2 is 2.29 bits per heavy atom. The molecule has 0 amide bonds. The molecule has 1 heterocycles. The third-order valence-electron chi connectivity index (χ3n) is 2.28. The zero-order chi connectivity index (χ0) is 12.3. The SMILES string of the molecule is Cc1ncc(COc2ccc(Cl)cc2CN)s1. The summed E-state index contributed by atoms with van der Waals surface area (Å²) in [7, 11) is 0. The Morgan fingerprint density at radius 3 is 2.94 bits per heavy atom. The summed E-state index contributed by atoms with van der Waals surface area (Å²) in [5, 5.41) is 1.71. The van der Waals surface area contributed by atoms with E-state index in [-0.39, 0.29) is 0 Å². The minimum absolute atomic E-state index is 0.414. The molecule has 0 saturated heterocycles. The predicted octanol–water partition coefficient (Wildman–Crippen LogP) is 3.14.